The Morgan fingerprint density at radius 1 is 1.13 bits per heavy atom. The first-order valence-electron chi connectivity index (χ1n) is 4.69. The minimum atomic E-state index is -0.0244. The van der Waals surface area contributed by atoms with Crippen molar-refractivity contribution in [1.82, 2.24) is 0 Å². The third-order valence-electron chi connectivity index (χ3n) is 2.79. The molecule has 1 aliphatic rings. The average Bonchev–Trinajstić information content (AvgIpc) is 2.84. The first-order valence-corrected chi connectivity index (χ1v) is 6.45. The summed E-state index contributed by atoms with van der Waals surface area (Å²) in [6.45, 7) is 3.65. The smallest absolute Gasteiger partial charge is 0.104 e. The van der Waals surface area contributed by atoms with E-state index in [-0.39, 0.29) is 12.1 Å². The van der Waals surface area contributed by atoms with Gasteiger partial charge in [0.15, 0.2) is 0 Å². The van der Waals surface area contributed by atoms with Crippen LogP contribution in [0.2, 0.25) is 0 Å². The molecule has 2 aromatic rings. The summed E-state index contributed by atoms with van der Waals surface area (Å²) in [5.41, 5.74) is 8.77. The number of nitrogens with zero attached hydrogens (tertiary/aromatic N) is 1. The highest BCUT2D eigenvalue weighted by atomic mass is 32.1. The molecule has 76 valence electrons. The van der Waals surface area contributed by atoms with Crippen LogP contribution in [-0.2, 0) is 0 Å². The SMILES string of the molecule is C=NC1c2sccc2-c2ccsc2C1N. The van der Waals surface area contributed by atoms with Crippen LogP contribution >= 0.6 is 22.7 Å². The molecule has 2 heterocycles. The van der Waals surface area contributed by atoms with Crippen LogP contribution in [0.5, 0.6) is 0 Å². The summed E-state index contributed by atoms with van der Waals surface area (Å²) in [5, 5.41) is 4.19. The number of thiophene rings is 2. The lowest BCUT2D eigenvalue weighted by Gasteiger charge is -2.25. The molecule has 2 aromatic heterocycles. The molecule has 4 heteroatoms. The second-order valence-electron chi connectivity index (χ2n) is 3.55. The van der Waals surface area contributed by atoms with Crippen molar-refractivity contribution in [3.8, 4) is 11.1 Å². The lowest BCUT2D eigenvalue weighted by molar-refractivity contribution is 0.592. The Bertz CT molecular complexity index is 512. The van der Waals surface area contributed by atoms with Gasteiger partial charge in [-0.05, 0) is 40.7 Å². The Hall–Kier alpha value is -0.970. The van der Waals surface area contributed by atoms with Crippen molar-refractivity contribution in [2.75, 3.05) is 0 Å². The van der Waals surface area contributed by atoms with Crippen LogP contribution in [0.3, 0.4) is 0 Å². The Kier molecular flexibility index (Phi) is 2.02. The molecule has 0 aromatic carbocycles. The summed E-state index contributed by atoms with van der Waals surface area (Å²) in [4.78, 5) is 6.65. The van der Waals surface area contributed by atoms with Gasteiger partial charge >= 0.3 is 0 Å². The van der Waals surface area contributed by atoms with E-state index >= 15 is 0 Å². The molecule has 2 unspecified atom stereocenters. The van der Waals surface area contributed by atoms with Crippen LogP contribution in [0, 0.1) is 0 Å². The number of hydrogen-bond donors (Lipinski definition) is 1. The molecule has 0 amide bonds. The molecule has 3 rings (SSSR count). The minimum absolute atomic E-state index is 0.0244. The van der Waals surface area contributed by atoms with Gasteiger partial charge in [-0.2, -0.15) is 0 Å². The van der Waals surface area contributed by atoms with Crippen molar-refractivity contribution in [2.45, 2.75) is 12.1 Å². The predicted octanol–water partition coefficient (Wildman–Crippen LogP) is 3.23. The Morgan fingerprint density at radius 3 is 2.40 bits per heavy atom. The maximum atomic E-state index is 6.20. The Labute approximate surface area is 96.1 Å². The van der Waals surface area contributed by atoms with Crippen molar-refractivity contribution in [1.29, 1.82) is 0 Å². The van der Waals surface area contributed by atoms with E-state index in [2.05, 4.69) is 34.6 Å². The zero-order valence-electron chi connectivity index (χ0n) is 8.01. The molecule has 0 saturated carbocycles. The molecule has 0 saturated heterocycles. The molecule has 0 aliphatic heterocycles. The number of aliphatic imine (C=N–C) groups is 1. The summed E-state index contributed by atoms with van der Waals surface area (Å²) >= 11 is 3.43. The van der Waals surface area contributed by atoms with Gasteiger partial charge in [0, 0.05) is 9.75 Å². The molecule has 15 heavy (non-hydrogen) atoms. The number of hydrogen-bond acceptors (Lipinski definition) is 4. The molecule has 0 radical (unpaired) electrons. The van der Waals surface area contributed by atoms with Gasteiger partial charge in [-0.3, -0.25) is 4.99 Å². The summed E-state index contributed by atoms with van der Waals surface area (Å²) in [5.74, 6) is 0. The van der Waals surface area contributed by atoms with Crippen molar-refractivity contribution in [3.63, 3.8) is 0 Å². The fourth-order valence-electron chi connectivity index (χ4n) is 2.08. The molecule has 1 aliphatic carbocycles. The minimum Gasteiger partial charge on any atom is -0.321 e. The molecule has 0 bridgehead atoms. The van der Waals surface area contributed by atoms with E-state index in [0.717, 1.165) is 0 Å². The highest BCUT2D eigenvalue weighted by Crippen LogP contribution is 2.49. The van der Waals surface area contributed by atoms with E-state index in [1.807, 2.05) is 0 Å². The van der Waals surface area contributed by atoms with Gasteiger partial charge in [0.2, 0.25) is 0 Å². The van der Waals surface area contributed by atoms with Gasteiger partial charge in [-0.25, -0.2) is 0 Å². The van der Waals surface area contributed by atoms with Gasteiger partial charge in [-0.1, -0.05) is 0 Å². The molecular formula is C11H10N2S2. The Morgan fingerprint density at radius 2 is 1.73 bits per heavy atom. The van der Waals surface area contributed by atoms with Crippen molar-refractivity contribution in [2.24, 2.45) is 10.7 Å². The van der Waals surface area contributed by atoms with Crippen LogP contribution in [0.25, 0.3) is 11.1 Å². The number of rotatable bonds is 1. The second-order valence-corrected chi connectivity index (χ2v) is 5.45. The van der Waals surface area contributed by atoms with Gasteiger partial charge in [-0.15, -0.1) is 22.7 Å². The van der Waals surface area contributed by atoms with E-state index in [9.17, 15) is 0 Å². The van der Waals surface area contributed by atoms with Crippen LogP contribution in [0.4, 0.5) is 0 Å². The highest BCUT2D eigenvalue weighted by Gasteiger charge is 2.32. The summed E-state index contributed by atoms with van der Waals surface area (Å²) in [7, 11) is 0. The standard InChI is InChI=1S/C11H10N2S2/c1-13-9-8(12)10-6(2-4-14-10)7-3-5-15-11(7)9/h2-5,8-9H,1,12H2. The second kappa shape index (κ2) is 3.27. The number of fused-ring (bicyclic) bond motifs is 3. The van der Waals surface area contributed by atoms with Crippen LogP contribution in [0.1, 0.15) is 21.8 Å². The van der Waals surface area contributed by atoms with Crippen molar-refractivity contribution in [3.05, 3.63) is 32.6 Å². The van der Waals surface area contributed by atoms with E-state index in [4.69, 9.17) is 5.73 Å². The molecule has 2 atom stereocenters. The topological polar surface area (TPSA) is 38.4 Å². The normalized spacial score (nSPS) is 23.3. The van der Waals surface area contributed by atoms with Gasteiger partial charge < -0.3 is 5.73 Å². The first-order chi connectivity index (χ1) is 7.33. The van der Waals surface area contributed by atoms with E-state index in [1.54, 1.807) is 22.7 Å². The largest absolute Gasteiger partial charge is 0.321 e. The molecular weight excluding hydrogens is 224 g/mol. The Balaban J connectivity index is 2.30. The van der Waals surface area contributed by atoms with Crippen molar-refractivity contribution < 1.29 is 0 Å². The summed E-state index contributed by atoms with van der Waals surface area (Å²) < 4.78 is 0. The third-order valence-corrected chi connectivity index (χ3v) is 4.79. The number of nitrogens with two attached hydrogens (primary N) is 1. The molecule has 0 spiro atoms. The van der Waals surface area contributed by atoms with Gasteiger partial charge in [0.05, 0.1) is 6.04 Å². The quantitative estimate of drug-likeness (QED) is 0.756. The molecule has 0 fully saturated rings. The van der Waals surface area contributed by atoms with Crippen LogP contribution < -0.4 is 5.73 Å². The summed E-state index contributed by atoms with van der Waals surface area (Å²) in [6.07, 6.45) is 0. The van der Waals surface area contributed by atoms with E-state index < -0.39 is 0 Å². The lowest BCUT2D eigenvalue weighted by atomic mass is 9.91. The van der Waals surface area contributed by atoms with Gasteiger partial charge in [0.1, 0.15) is 6.04 Å². The molecule has 2 N–H and O–H groups in total. The average molecular weight is 234 g/mol. The first kappa shape index (κ1) is 9.27. The zero-order valence-corrected chi connectivity index (χ0v) is 9.65. The van der Waals surface area contributed by atoms with Crippen LogP contribution in [-0.4, -0.2) is 6.72 Å². The summed E-state index contributed by atoms with van der Waals surface area (Å²) in [6, 6.07) is 4.30. The van der Waals surface area contributed by atoms with Crippen LogP contribution in [0.15, 0.2) is 27.9 Å². The lowest BCUT2D eigenvalue weighted by Crippen LogP contribution is -2.20. The van der Waals surface area contributed by atoms with E-state index in [0.29, 0.717) is 0 Å². The maximum Gasteiger partial charge on any atom is 0.104 e. The predicted molar refractivity (Wildman–Crippen MR) is 66.9 cm³/mol. The maximum absolute atomic E-state index is 6.20. The monoisotopic (exact) mass is 234 g/mol. The molecule has 2 nitrogen and oxygen atoms in total. The fourth-order valence-corrected chi connectivity index (χ4v) is 4.04. The zero-order chi connectivity index (χ0) is 10.4. The highest BCUT2D eigenvalue weighted by molar-refractivity contribution is 7.12. The fraction of sp³-hybridized carbons (Fsp3) is 0.182. The van der Waals surface area contributed by atoms with E-state index in [1.165, 1.54) is 20.9 Å². The van der Waals surface area contributed by atoms with Crippen molar-refractivity contribution >= 4 is 29.4 Å². The van der Waals surface area contributed by atoms with Gasteiger partial charge in [0.25, 0.3) is 0 Å². The third kappa shape index (κ3) is 1.16.